The van der Waals surface area contributed by atoms with Gasteiger partial charge in [0.25, 0.3) is 11.7 Å². The second-order valence-corrected chi connectivity index (χ2v) is 8.10. The van der Waals surface area contributed by atoms with Crippen LogP contribution < -0.4 is 4.74 Å². The number of carbonyl (C=O) groups excluding carboxylic acids is 2. The standard InChI is InChI=1S/C24H25ClFNO5/c1-14(2)32-12-4-11-27-21(15-5-8-17(26)9-6-15)20(23(29)24(27)30)22(28)18-13-16(25)7-10-19(18)31-3/h5-10,13-14,21,28H,4,11-12H2,1-3H3/b22-20+. The summed E-state index contributed by atoms with van der Waals surface area (Å²) in [6.07, 6.45) is 0.525. The van der Waals surface area contributed by atoms with Gasteiger partial charge in [-0.1, -0.05) is 23.7 Å². The molecule has 170 valence electrons. The van der Waals surface area contributed by atoms with Crippen molar-refractivity contribution in [3.63, 3.8) is 0 Å². The predicted octanol–water partition coefficient (Wildman–Crippen LogP) is 4.72. The van der Waals surface area contributed by atoms with Gasteiger partial charge in [-0.05, 0) is 56.2 Å². The fourth-order valence-electron chi connectivity index (χ4n) is 3.67. The average molecular weight is 462 g/mol. The number of ether oxygens (including phenoxy) is 2. The highest BCUT2D eigenvalue weighted by Gasteiger charge is 2.46. The lowest BCUT2D eigenvalue weighted by molar-refractivity contribution is -0.140. The Morgan fingerprint density at radius 3 is 2.50 bits per heavy atom. The van der Waals surface area contributed by atoms with Gasteiger partial charge in [-0.3, -0.25) is 9.59 Å². The van der Waals surface area contributed by atoms with Crippen molar-refractivity contribution in [2.45, 2.75) is 32.4 Å². The van der Waals surface area contributed by atoms with Gasteiger partial charge < -0.3 is 19.5 Å². The lowest BCUT2D eigenvalue weighted by Crippen LogP contribution is -2.31. The molecule has 0 aliphatic carbocycles. The number of hydrogen-bond acceptors (Lipinski definition) is 5. The molecule has 3 rings (SSSR count). The van der Waals surface area contributed by atoms with Gasteiger partial charge in [0.2, 0.25) is 0 Å². The van der Waals surface area contributed by atoms with E-state index in [9.17, 15) is 19.1 Å². The average Bonchev–Trinajstić information content (AvgIpc) is 3.01. The lowest BCUT2D eigenvalue weighted by atomic mass is 9.95. The van der Waals surface area contributed by atoms with Gasteiger partial charge in [0.05, 0.1) is 30.4 Å². The third-order valence-corrected chi connectivity index (χ3v) is 5.37. The van der Waals surface area contributed by atoms with Crippen molar-refractivity contribution in [2.75, 3.05) is 20.3 Å². The minimum Gasteiger partial charge on any atom is -0.507 e. The molecule has 1 amide bonds. The van der Waals surface area contributed by atoms with Crippen LogP contribution in [0.15, 0.2) is 48.0 Å². The fraction of sp³-hybridized carbons (Fsp3) is 0.333. The zero-order valence-corrected chi connectivity index (χ0v) is 18.9. The molecule has 2 aromatic carbocycles. The fourth-order valence-corrected chi connectivity index (χ4v) is 3.84. The summed E-state index contributed by atoms with van der Waals surface area (Å²) in [6.45, 7) is 4.44. The first-order chi connectivity index (χ1) is 15.2. The molecule has 1 N–H and O–H groups in total. The number of rotatable bonds is 8. The number of amides is 1. The minimum absolute atomic E-state index is 0.0357. The number of aliphatic hydroxyl groups excluding tert-OH is 1. The molecule has 0 aromatic heterocycles. The summed E-state index contributed by atoms with van der Waals surface area (Å²) in [5.41, 5.74) is 0.582. The SMILES string of the molecule is COc1ccc(Cl)cc1/C(O)=C1\C(=O)C(=O)N(CCCOC(C)C)C1c1ccc(F)cc1. The van der Waals surface area contributed by atoms with Crippen LogP contribution in [-0.2, 0) is 14.3 Å². The maximum atomic E-state index is 13.6. The molecule has 8 heteroatoms. The van der Waals surface area contributed by atoms with Gasteiger partial charge in [0.15, 0.2) is 0 Å². The van der Waals surface area contributed by atoms with E-state index in [0.717, 1.165) is 0 Å². The second-order valence-electron chi connectivity index (χ2n) is 7.66. The number of hydrogen-bond donors (Lipinski definition) is 1. The Morgan fingerprint density at radius 1 is 1.19 bits per heavy atom. The monoisotopic (exact) mass is 461 g/mol. The second kappa shape index (κ2) is 10.1. The molecule has 0 bridgehead atoms. The Kier molecular flexibility index (Phi) is 7.53. The van der Waals surface area contributed by atoms with Gasteiger partial charge in [0.1, 0.15) is 17.3 Å². The summed E-state index contributed by atoms with van der Waals surface area (Å²) in [4.78, 5) is 27.3. The van der Waals surface area contributed by atoms with Crippen molar-refractivity contribution in [3.05, 3.63) is 70.0 Å². The number of ketones is 1. The molecule has 0 radical (unpaired) electrons. The number of likely N-dealkylation sites (tertiary alicyclic amines) is 1. The van der Waals surface area contributed by atoms with Crippen molar-refractivity contribution in [2.24, 2.45) is 0 Å². The largest absolute Gasteiger partial charge is 0.507 e. The summed E-state index contributed by atoms with van der Waals surface area (Å²) in [5.74, 6) is -2.14. The smallest absolute Gasteiger partial charge is 0.295 e. The zero-order chi connectivity index (χ0) is 23.4. The molecule has 1 aliphatic rings. The van der Waals surface area contributed by atoms with Crippen molar-refractivity contribution in [1.29, 1.82) is 0 Å². The highest BCUT2D eigenvalue weighted by Crippen LogP contribution is 2.41. The molecule has 6 nitrogen and oxygen atoms in total. The van der Waals surface area contributed by atoms with Crippen LogP contribution in [0.3, 0.4) is 0 Å². The van der Waals surface area contributed by atoms with Crippen molar-refractivity contribution in [1.82, 2.24) is 4.90 Å². The third-order valence-electron chi connectivity index (χ3n) is 5.14. The van der Waals surface area contributed by atoms with E-state index in [1.807, 2.05) is 13.8 Å². The number of nitrogens with zero attached hydrogens (tertiary/aromatic N) is 1. The Hall–Kier alpha value is -2.90. The third kappa shape index (κ3) is 4.95. The molecule has 1 saturated heterocycles. The summed E-state index contributed by atoms with van der Waals surface area (Å²) in [6, 6.07) is 9.19. The topological polar surface area (TPSA) is 76.1 Å². The molecule has 1 aliphatic heterocycles. The van der Waals surface area contributed by atoms with Crippen molar-refractivity contribution < 1.29 is 28.6 Å². The Bertz CT molecular complexity index is 1040. The summed E-state index contributed by atoms with van der Waals surface area (Å²) in [7, 11) is 1.42. The van der Waals surface area contributed by atoms with Gasteiger partial charge in [-0.25, -0.2) is 4.39 Å². The molecular weight excluding hydrogens is 437 g/mol. The summed E-state index contributed by atoms with van der Waals surface area (Å²) >= 11 is 6.09. The lowest BCUT2D eigenvalue weighted by Gasteiger charge is -2.25. The van der Waals surface area contributed by atoms with Gasteiger partial charge in [-0.2, -0.15) is 0 Å². The van der Waals surface area contributed by atoms with E-state index in [1.54, 1.807) is 12.1 Å². The van der Waals surface area contributed by atoms with E-state index in [4.69, 9.17) is 21.1 Å². The van der Waals surface area contributed by atoms with E-state index in [2.05, 4.69) is 0 Å². The molecule has 0 saturated carbocycles. The van der Waals surface area contributed by atoms with E-state index in [-0.39, 0.29) is 23.8 Å². The molecule has 0 spiro atoms. The number of halogens is 2. The molecule has 2 aromatic rings. The van der Waals surface area contributed by atoms with Crippen LogP contribution in [0.25, 0.3) is 5.76 Å². The summed E-state index contributed by atoms with van der Waals surface area (Å²) in [5, 5.41) is 11.5. The Labute approximate surface area is 191 Å². The van der Waals surface area contributed by atoms with Gasteiger partial charge in [0, 0.05) is 18.2 Å². The number of methoxy groups -OCH3 is 1. The van der Waals surface area contributed by atoms with Gasteiger partial charge >= 0.3 is 0 Å². The first-order valence-electron chi connectivity index (χ1n) is 10.2. The molecule has 1 fully saturated rings. The van der Waals surface area contributed by atoms with Crippen molar-refractivity contribution in [3.8, 4) is 5.75 Å². The van der Waals surface area contributed by atoms with Crippen molar-refractivity contribution >= 4 is 29.1 Å². The number of benzene rings is 2. The van der Waals surface area contributed by atoms with E-state index >= 15 is 0 Å². The molecule has 1 atom stereocenters. The molecule has 1 unspecified atom stereocenters. The van der Waals surface area contributed by atoms with Crippen LogP contribution in [0, 0.1) is 5.82 Å². The van der Waals surface area contributed by atoms with Crippen LogP contribution in [0.2, 0.25) is 5.02 Å². The van der Waals surface area contributed by atoms with Crippen LogP contribution in [-0.4, -0.2) is 48.1 Å². The normalized spacial score (nSPS) is 17.9. The first-order valence-corrected chi connectivity index (χ1v) is 10.6. The first kappa shape index (κ1) is 23.8. The molecule has 32 heavy (non-hydrogen) atoms. The van der Waals surface area contributed by atoms with Crippen LogP contribution in [0.1, 0.15) is 37.4 Å². The van der Waals surface area contributed by atoms with Crippen LogP contribution >= 0.6 is 11.6 Å². The maximum Gasteiger partial charge on any atom is 0.295 e. The highest BCUT2D eigenvalue weighted by atomic mass is 35.5. The Balaban J connectivity index is 2.09. The number of Topliss-reactive ketones (excluding diaryl/α,β-unsaturated/α-hetero) is 1. The van der Waals surface area contributed by atoms with Gasteiger partial charge in [-0.15, -0.1) is 0 Å². The highest BCUT2D eigenvalue weighted by molar-refractivity contribution is 6.46. The van der Waals surface area contributed by atoms with E-state index < -0.39 is 29.3 Å². The summed E-state index contributed by atoms with van der Waals surface area (Å²) < 4.78 is 24.4. The maximum absolute atomic E-state index is 13.6. The van der Waals surface area contributed by atoms with E-state index in [0.29, 0.717) is 29.4 Å². The quantitative estimate of drug-likeness (QED) is 0.266. The molecule has 1 heterocycles. The zero-order valence-electron chi connectivity index (χ0n) is 18.1. The number of aliphatic hydroxyl groups is 1. The predicted molar refractivity (Wildman–Crippen MR) is 119 cm³/mol. The van der Waals surface area contributed by atoms with Crippen LogP contribution in [0.4, 0.5) is 4.39 Å². The minimum atomic E-state index is -0.890. The Morgan fingerprint density at radius 2 is 1.88 bits per heavy atom. The van der Waals surface area contributed by atoms with Crippen LogP contribution in [0.5, 0.6) is 5.75 Å². The molecular formula is C24H25ClFNO5. The number of carbonyl (C=O) groups is 2. The van der Waals surface area contributed by atoms with E-state index in [1.165, 1.54) is 42.3 Å².